The van der Waals surface area contributed by atoms with E-state index in [1.54, 1.807) is 6.92 Å². The summed E-state index contributed by atoms with van der Waals surface area (Å²) in [4.78, 5) is 5.88. The summed E-state index contributed by atoms with van der Waals surface area (Å²) in [6.45, 7) is 5.12. The zero-order valence-corrected chi connectivity index (χ0v) is 16.0. The molecule has 0 amide bonds. The third-order valence-electron chi connectivity index (χ3n) is 4.36. The number of hydrogen-bond acceptors (Lipinski definition) is 4. The molecule has 5 nitrogen and oxygen atoms in total. The van der Waals surface area contributed by atoms with E-state index in [0.717, 1.165) is 12.0 Å². The van der Waals surface area contributed by atoms with Crippen LogP contribution in [0, 0.1) is 5.92 Å². The first-order valence-electron chi connectivity index (χ1n) is 8.76. The summed E-state index contributed by atoms with van der Waals surface area (Å²) in [6.07, 6.45) is -3.42. The minimum Gasteiger partial charge on any atom is -0.383 e. The summed E-state index contributed by atoms with van der Waals surface area (Å²) in [6, 6.07) is 1.87. The van der Waals surface area contributed by atoms with Gasteiger partial charge in [-0.15, -0.1) is 0 Å². The Hall–Kier alpha value is -1.32. The van der Waals surface area contributed by atoms with Gasteiger partial charge in [0.1, 0.15) is 5.60 Å². The molecule has 1 saturated heterocycles. The summed E-state index contributed by atoms with van der Waals surface area (Å²) in [5.41, 5.74) is -0.236. The second kappa shape index (κ2) is 9.05. The van der Waals surface area contributed by atoms with Crippen LogP contribution < -0.4 is 10.6 Å². The van der Waals surface area contributed by atoms with Gasteiger partial charge in [0, 0.05) is 19.6 Å². The highest BCUT2D eigenvalue weighted by Gasteiger charge is 2.34. The van der Waals surface area contributed by atoms with Gasteiger partial charge in [-0.05, 0) is 55.1 Å². The number of aliphatic imine (C=N–C) groups is 1. The van der Waals surface area contributed by atoms with E-state index in [-0.39, 0.29) is 12.5 Å². The molecule has 1 fully saturated rings. The number of halogens is 3. The van der Waals surface area contributed by atoms with E-state index in [1.807, 2.05) is 23.8 Å². The fraction of sp³-hybridized carbons (Fsp3) is 0.706. The molecule has 2 unspecified atom stereocenters. The lowest BCUT2D eigenvalue weighted by Gasteiger charge is -2.22. The highest BCUT2D eigenvalue weighted by Crippen LogP contribution is 2.24. The third-order valence-corrected chi connectivity index (χ3v) is 5.05. The van der Waals surface area contributed by atoms with Gasteiger partial charge in [-0.2, -0.15) is 24.5 Å². The zero-order valence-electron chi connectivity index (χ0n) is 15.1. The van der Waals surface area contributed by atoms with Crippen molar-refractivity contribution in [1.82, 2.24) is 15.5 Å². The quantitative estimate of drug-likeness (QED) is 0.493. The fourth-order valence-corrected chi connectivity index (χ4v) is 3.74. The van der Waals surface area contributed by atoms with Crippen molar-refractivity contribution in [2.45, 2.75) is 32.0 Å². The van der Waals surface area contributed by atoms with Crippen molar-refractivity contribution in [2.75, 3.05) is 39.3 Å². The number of guanidine groups is 1. The number of alkyl halides is 3. The van der Waals surface area contributed by atoms with Crippen LogP contribution in [0.5, 0.6) is 0 Å². The van der Waals surface area contributed by atoms with Gasteiger partial charge in [0.15, 0.2) is 5.96 Å². The number of nitrogens with zero attached hydrogens (tertiary/aromatic N) is 2. The predicted octanol–water partition coefficient (Wildman–Crippen LogP) is 2.39. The van der Waals surface area contributed by atoms with Crippen molar-refractivity contribution in [3.8, 4) is 0 Å². The van der Waals surface area contributed by atoms with Gasteiger partial charge < -0.3 is 15.7 Å². The van der Waals surface area contributed by atoms with E-state index in [2.05, 4.69) is 15.6 Å². The van der Waals surface area contributed by atoms with Crippen LogP contribution in [-0.2, 0) is 5.60 Å². The Morgan fingerprint density at radius 3 is 2.81 bits per heavy atom. The highest BCUT2D eigenvalue weighted by atomic mass is 32.1. The first-order chi connectivity index (χ1) is 12.2. The Morgan fingerprint density at radius 1 is 1.42 bits per heavy atom. The molecule has 0 aliphatic carbocycles. The van der Waals surface area contributed by atoms with Crippen LogP contribution in [0.1, 0.15) is 25.8 Å². The number of rotatable bonds is 7. The molecular weight excluding hydrogens is 365 g/mol. The Bertz CT molecular complexity index is 575. The van der Waals surface area contributed by atoms with E-state index in [0.29, 0.717) is 32.1 Å². The van der Waals surface area contributed by atoms with Gasteiger partial charge in [0.05, 0.1) is 13.1 Å². The Balaban J connectivity index is 1.84. The molecule has 0 spiro atoms. The highest BCUT2D eigenvalue weighted by molar-refractivity contribution is 7.08. The maximum absolute atomic E-state index is 12.5. The molecule has 9 heteroatoms. The van der Waals surface area contributed by atoms with E-state index < -0.39 is 18.3 Å². The molecular formula is C17H27F3N4OS. The van der Waals surface area contributed by atoms with Crippen molar-refractivity contribution >= 4 is 17.3 Å². The summed E-state index contributed by atoms with van der Waals surface area (Å²) in [5, 5.41) is 20.6. The molecule has 0 radical (unpaired) electrons. The van der Waals surface area contributed by atoms with Gasteiger partial charge in [-0.3, -0.25) is 4.90 Å². The van der Waals surface area contributed by atoms with Gasteiger partial charge in [0.2, 0.25) is 0 Å². The first kappa shape index (κ1) is 21.0. The van der Waals surface area contributed by atoms with Gasteiger partial charge >= 0.3 is 6.18 Å². The van der Waals surface area contributed by atoms with Gasteiger partial charge in [0.25, 0.3) is 0 Å². The SMILES string of the molecule is CCNC(=NCC(C)(O)c1ccsc1)NCC1CCN(CC(F)(F)F)C1. The Morgan fingerprint density at radius 2 is 2.19 bits per heavy atom. The van der Waals surface area contributed by atoms with Crippen LogP contribution in [0.15, 0.2) is 21.8 Å². The second-order valence-electron chi connectivity index (χ2n) is 6.87. The normalized spacial score (nSPS) is 21.6. The summed E-state index contributed by atoms with van der Waals surface area (Å²) >= 11 is 1.52. The average molecular weight is 392 g/mol. The van der Waals surface area contributed by atoms with Crippen molar-refractivity contribution in [3.05, 3.63) is 22.4 Å². The molecule has 1 aromatic heterocycles. The lowest BCUT2D eigenvalue weighted by molar-refractivity contribution is -0.143. The summed E-state index contributed by atoms with van der Waals surface area (Å²) in [5.74, 6) is 0.718. The Kier molecular flexibility index (Phi) is 7.31. The monoisotopic (exact) mass is 392 g/mol. The summed E-state index contributed by atoms with van der Waals surface area (Å²) in [7, 11) is 0. The number of hydrogen-bond donors (Lipinski definition) is 3. The second-order valence-corrected chi connectivity index (χ2v) is 7.65. The number of likely N-dealkylation sites (tertiary alicyclic amines) is 1. The number of thiophene rings is 1. The number of nitrogens with one attached hydrogen (secondary N) is 2. The minimum absolute atomic E-state index is 0.151. The third kappa shape index (κ3) is 6.77. The van der Waals surface area contributed by atoms with Gasteiger partial charge in [-0.25, -0.2) is 4.99 Å². The van der Waals surface area contributed by atoms with Crippen molar-refractivity contribution in [1.29, 1.82) is 0 Å². The first-order valence-corrected chi connectivity index (χ1v) is 9.70. The minimum atomic E-state index is -4.15. The van der Waals surface area contributed by atoms with Crippen LogP contribution in [0.3, 0.4) is 0 Å². The average Bonchev–Trinajstić information content (AvgIpc) is 3.20. The molecule has 2 heterocycles. The van der Waals surface area contributed by atoms with Gasteiger partial charge in [-0.1, -0.05) is 0 Å². The molecule has 1 aromatic rings. The van der Waals surface area contributed by atoms with Crippen LogP contribution in [0.4, 0.5) is 13.2 Å². The zero-order chi connectivity index (χ0) is 19.2. The molecule has 2 rings (SSSR count). The van der Waals surface area contributed by atoms with Crippen molar-refractivity contribution in [3.63, 3.8) is 0 Å². The lowest BCUT2D eigenvalue weighted by Crippen LogP contribution is -2.41. The largest absolute Gasteiger partial charge is 0.401 e. The molecule has 0 bridgehead atoms. The van der Waals surface area contributed by atoms with E-state index in [9.17, 15) is 18.3 Å². The van der Waals surface area contributed by atoms with Crippen LogP contribution in [0.25, 0.3) is 0 Å². The van der Waals surface area contributed by atoms with E-state index >= 15 is 0 Å². The molecule has 1 aliphatic heterocycles. The molecule has 0 aromatic carbocycles. The molecule has 1 aliphatic rings. The van der Waals surface area contributed by atoms with Crippen LogP contribution in [-0.4, -0.2) is 61.4 Å². The van der Waals surface area contributed by atoms with Crippen LogP contribution in [0.2, 0.25) is 0 Å². The fourth-order valence-electron chi connectivity index (χ4n) is 2.95. The maximum Gasteiger partial charge on any atom is 0.401 e. The topological polar surface area (TPSA) is 59.9 Å². The smallest absolute Gasteiger partial charge is 0.383 e. The molecule has 148 valence electrons. The van der Waals surface area contributed by atoms with Crippen molar-refractivity contribution < 1.29 is 18.3 Å². The molecule has 26 heavy (non-hydrogen) atoms. The van der Waals surface area contributed by atoms with Crippen molar-refractivity contribution in [2.24, 2.45) is 10.9 Å². The number of aliphatic hydroxyl groups is 1. The lowest BCUT2D eigenvalue weighted by atomic mass is 10.00. The molecule has 3 N–H and O–H groups in total. The molecule has 0 saturated carbocycles. The maximum atomic E-state index is 12.5. The molecule has 2 atom stereocenters. The van der Waals surface area contributed by atoms with E-state index in [1.165, 1.54) is 16.2 Å². The summed E-state index contributed by atoms with van der Waals surface area (Å²) < 4.78 is 37.4. The Labute approximate surface area is 156 Å². The predicted molar refractivity (Wildman–Crippen MR) is 98.5 cm³/mol. The van der Waals surface area contributed by atoms with E-state index in [4.69, 9.17) is 0 Å². The van der Waals surface area contributed by atoms with Crippen LogP contribution >= 0.6 is 11.3 Å². The standard InChI is InChI=1S/C17H27F3N4OS/c1-3-21-15(23-11-16(2,25)14-5-7-26-10-14)22-8-13-4-6-24(9-13)12-17(18,19)20/h5,7,10,13,25H,3-4,6,8-9,11-12H2,1-2H3,(H2,21,22,23).